The lowest BCUT2D eigenvalue weighted by atomic mass is 10.2. The lowest BCUT2D eigenvalue weighted by Crippen LogP contribution is -2.21. The SMILES string of the molecule is CCSc1nn(CC(=O)Nc2ccc(C)cc2)c(N)c1S(=O)(=O)c1ccc(C)cc1. The minimum absolute atomic E-state index is 0.0504. The van der Waals surface area contributed by atoms with Gasteiger partial charge in [0.2, 0.25) is 15.7 Å². The third kappa shape index (κ3) is 4.68. The summed E-state index contributed by atoms with van der Waals surface area (Å²) in [6.07, 6.45) is 0. The Morgan fingerprint density at radius 1 is 1.07 bits per heavy atom. The molecule has 0 unspecified atom stereocenters. The third-order valence-electron chi connectivity index (χ3n) is 4.43. The van der Waals surface area contributed by atoms with Gasteiger partial charge in [-0.25, -0.2) is 13.1 Å². The van der Waals surface area contributed by atoms with Crippen LogP contribution >= 0.6 is 11.8 Å². The molecule has 1 amide bonds. The van der Waals surface area contributed by atoms with Gasteiger partial charge < -0.3 is 11.1 Å². The minimum atomic E-state index is -3.88. The molecular weight excluding hydrogens is 420 g/mol. The summed E-state index contributed by atoms with van der Waals surface area (Å²) in [5.74, 6) is 0.216. The fraction of sp³-hybridized carbons (Fsp3) is 0.238. The van der Waals surface area contributed by atoms with Gasteiger partial charge in [0.1, 0.15) is 22.3 Å². The van der Waals surface area contributed by atoms with Crippen molar-refractivity contribution in [1.82, 2.24) is 9.78 Å². The topological polar surface area (TPSA) is 107 Å². The van der Waals surface area contributed by atoms with Crippen molar-refractivity contribution in [2.45, 2.75) is 42.1 Å². The Morgan fingerprint density at radius 2 is 1.63 bits per heavy atom. The molecule has 0 radical (unpaired) electrons. The number of benzene rings is 2. The number of nitrogen functional groups attached to an aromatic ring is 1. The van der Waals surface area contributed by atoms with Gasteiger partial charge in [0.15, 0.2) is 0 Å². The molecular formula is C21H24N4O3S2. The van der Waals surface area contributed by atoms with E-state index in [0.29, 0.717) is 16.5 Å². The van der Waals surface area contributed by atoms with Crippen LogP contribution in [0.3, 0.4) is 0 Å². The molecule has 0 aliphatic carbocycles. The summed E-state index contributed by atoms with van der Waals surface area (Å²) in [5, 5.41) is 7.38. The van der Waals surface area contributed by atoms with Gasteiger partial charge in [-0.1, -0.05) is 42.3 Å². The Kier molecular flexibility index (Phi) is 6.52. The molecule has 9 heteroatoms. The van der Waals surface area contributed by atoms with Crippen molar-refractivity contribution in [1.29, 1.82) is 0 Å². The van der Waals surface area contributed by atoms with Crippen molar-refractivity contribution in [3.63, 3.8) is 0 Å². The Bertz CT molecular complexity index is 1150. The van der Waals surface area contributed by atoms with Gasteiger partial charge in [-0.3, -0.25) is 4.79 Å². The van der Waals surface area contributed by atoms with Gasteiger partial charge in [-0.15, -0.1) is 11.8 Å². The first-order chi connectivity index (χ1) is 14.2. The predicted octanol–water partition coefficient (Wildman–Crippen LogP) is 3.67. The zero-order valence-electron chi connectivity index (χ0n) is 17.0. The number of carbonyl (C=O) groups is 1. The Labute approximate surface area is 180 Å². The highest BCUT2D eigenvalue weighted by atomic mass is 32.2. The summed E-state index contributed by atoms with van der Waals surface area (Å²) < 4.78 is 27.7. The number of nitrogens with two attached hydrogens (primary N) is 1. The number of thioether (sulfide) groups is 1. The molecule has 0 aliphatic heterocycles. The van der Waals surface area contributed by atoms with Crippen molar-refractivity contribution in [3.8, 4) is 0 Å². The lowest BCUT2D eigenvalue weighted by Gasteiger charge is -2.08. The van der Waals surface area contributed by atoms with Crippen LogP contribution in [0.15, 0.2) is 63.3 Å². The summed E-state index contributed by atoms with van der Waals surface area (Å²) >= 11 is 1.27. The van der Waals surface area contributed by atoms with Crippen LogP contribution in [0.25, 0.3) is 0 Å². The van der Waals surface area contributed by atoms with Crippen LogP contribution in [0, 0.1) is 13.8 Å². The second-order valence-corrected chi connectivity index (χ2v) is 9.98. The van der Waals surface area contributed by atoms with E-state index in [2.05, 4.69) is 10.4 Å². The first-order valence-corrected chi connectivity index (χ1v) is 11.9. The van der Waals surface area contributed by atoms with Gasteiger partial charge in [-0.2, -0.15) is 5.10 Å². The second-order valence-electron chi connectivity index (χ2n) is 6.84. The van der Waals surface area contributed by atoms with Crippen molar-refractivity contribution in [2.24, 2.45) is 0 Å². The Balaban J connectivity index is 1.92. The van der Waals surface area contributed by atoms with Gasteiger partial charge in [0, 0.05) is 5.69 Å². The van der Waals surface area contributed by atoms with Gasteiger partial charge >= 0.3 is 0 Å². The van der Waals surface area contributed by atoms with Crippen molar-refractivity contribution in [3.05, 3.63) is 59.7 Å². The summed E-state index contributed by atoms with van der Waals surface area (Å²) in [4.78, 5) is 12.6. The van der Waals surface area contributed by atoms with Gasteiger partial charge in [0.05, 0.1) is 4.90 Å². The Morgan fingerprint density at radius 3 is 2.20 bits per heavy atom. The standard InChI is InChI=1S/C21H24N4O3S2/c1-4-29-21-19(30(27,28)17-11-7-15(3)8-12-17)20(22)25(24-21)13-18(26)23-16-9-5-14(2)6-10-16/h5-12H,4,13,22H2,1-3H3,(H,23,26). The van der Waals surface area contributed by atoms with E-state index in [-0.39, 0.29) is 28.1 Å². The first-order valence-electron chi connectivity index (χ1n) is 9.39. The molecule has 158 valence electrons. The average molecular weight is 445 g/mol. The lowest BCUT2D eigenvalue weighted by molar-refractivity contribution is -0.116. The number of nitrogens with one attached hydrogen (secondary N) is 1. The van der Waals surface area contributed by atoms with Crippen molar-refractivity contribution in [2.75, 3.05) is 16.8 Å². The molecule has 0 fully saturated rings. The number of anilines is 2. The molecule has 0 saturated heterocycles. The van der Waals surface area contributed by atoms with Gasteiger partial charge in [0.25, 0.3) is 0 Å². The summed E-state index contributed by atoms with van der Waals surface area (Å²) in [6.45, 7) is 5.54. The fourth-order valence-corrected chi connectivity index (χ4v) is 5.40. The van der Waals surface area contributed by atoms with E-state index in [0.717, 1.165) is 11.1 Å². The number of aryl methyl sites for hydroxylation is 2. The molecule has 0 saturated carbocycles. The monoisotopic (exact) mass is 444 g/mol. The van der Waals surface area contributed by atoms with Crippen LogP contribution in [-0.4, -0.2) is 29.9 Å². The molecule has 0 atom stereocenters. The predicted molar refractivity (Wildman–Crippen MR) is 119 cm³/mol. The maximum Gasteiger partial charge on any atom is 0.246 e. The molecule has 0 spiro atoms. The molecule has 1 aromatic heterocycles. The summed E-state index contributed by atoms with van der Waals surface area (Å²) in [7, 11) is -3.88. The van der Waals surface area contributed by atoms with E-state index in [4.69, 9.17) is 5.73 Å². The quantitative estimate of drug-likeness (QED) is 0.539. The molecule has 3 rings (SSSR count). The normalized spacial score (nSPS) is 11.4. The Hall–Kier alpha value is -2.78. The first kappa shape index (κ1) is 21.9. The third-order valence-corrected chi connectivity index (χ3v) is 7.24. The van der Waals surface area contributed by atoms with Crippen LogP contribution in [0.2, 0.25) is 0 Å². The minimum Gasteiger partial charge on any atom is -0.383 e. The highest BCUT2D eigenvalue weighted by Gasteiger charge is 2.30. The van der Waals surface area contributed by atoms with Crippen LogP contribution in [-0.2, 0) is 21.2 Å². The zero-order valence-corrected chi connectivity index (χ0v) is 18.7. The van der Waals surface area contributed by atoms with Crippen LogP contribution in [0.1, 0.15) is 18.1 Å². The van der Waals surface area contributed by atoms with Crippen LogP contribution in [0.4, 0.5) is 11.5 Å². The molecule has 0 aliphatic rings. The maximum absolute atomic E-state index is 13.2. The van der Waals surface area contributed by atoms with E-state index in [1.54, 1.807) is 36.4 Å². The molecule has 7 nitrogen and oxygen atoms in total. The smallest absolute Gasteiger partial charge is 0.246 e. The number of hydrogen-bond acceptors (Lipinski definition) is 6. The van der Waals surface area contributed by atoms with E-state index in [1.807, 2.05) is 32.9 Å². The maximum atomic E-state index is 13.2. The molecule has 1 heterocycles. The van der Waals surface area contributed by atoms with E-state index in [1.165, 1.54) is 16.4 Å². The van der Waals surface area contributed by atoms with E-state index >= 15 is 0 Å². The highest BCUT2D eigenvalue weighted by molar-refractivity contribution is 8.00. The van der Waals surface area contributed by atoms with Crippen LogP contribution in [0.5, 0.6) is 0 Å². The summed E-state index contributed by atoms with van der Waals surface area (Å²) in [6, 6.07) is 13.9. The molecule has 0 bridgehead atoms. The number of carbonyl (C=O) groups excluding carboxylic acids is 1. The number of nitrogens with zero attached hydrogens (tertiary/aromatic N) is 2. The summed E-state index contributed by atoms with van der Waals surface area (Å²) in [5.41, 5.74) is 8.86. The largest absolute Gasteiger partial charge is 0.383 e. The number of amides is 1. The highest BCUT2D eigenvalue weighted by Crippen LogP contribution is 2.34. The van der Waals surface area contributed by atoms with Crippen LogP contribution < -0.4 is 11.1 Å². The number of hydrogen-bond donors (Lipinski definition) is 2. The van der Waals surface area contributed by atoms with E-state index in [9.17, 15) is 13.2 Å². The van der Waals surface area contributed by atoms with Gasteiger partial charge in [-0.05, 0) is 43.9 Å². The average Bonchev–Trinajstić information content (AvgIpc) is 3.00. The second kappa shape index (κ2) is 8.93. The fourth-order valence-electron chi connectivity index (χ4n) is 2.85. The zero-order chi connectivity index (χ0) is 21.9. The number of sulfone groups is 1. The molecule has 30 heavy (non-hydrogen) atoms. The van der Waals surface area contributed by atoms with Crippen molar-refractivity contribution >= 4 is 39.0 Å². The molecule has 3 aromatic rings. The number of rotatable bonds is 7. The number of aromatic nitrogens is 2. The molecule has 3 N–H and O–H groups in total. The van der Waals surface area contributed by atoms with Crippen molar-refractivity contribution < 1.29 is 13.2 Å². The molecule has 2 aromatic carbocycles. The van der Waals surface area contributed by atoms with E-state index < -0.39 is 9.84 Å².